The van der Waals surface area contributed by atoms with Crippen molar-refractivity contribution < 1.29 is 24.0 Å². The number of esters is 1. The van der Waals surface area contributed by atoms with Gasteiger partial charge in [0.05, 0.1) is 23.3 Å². The molecule has 9 nitrogen and oxygen atoms in total. The molecule has 3 N–H and O–H groups in total. The first-order valence-corrected chi connectivity index (χ1v) is 7.98. The number of nitro benzene ring substituents is 1. The number of nitrogen functional groups attached to an aromatic ring is 1. The first-order chi connectivity index (χ1) is 12.8. The Morgan fingerprint density at radius 2 is 1.96 bits per heavy atom. The lowest BCUT2D eigenvalue weighted by atomic mass is 10.1. The molecular weight excluding hydrogens is 354 g/mol. The molecule has 0 aliphatic rings. The van der Waals surface area contributed by atoms with Crippen LogP contribution in [0.5, 0.6) is 5.75 Å². The van der Waals surface area contributed by atoms with Crippen molar-refractivity contribution in [1.29, 1.82) is 0 Å². The lowest BCUT2D eigenvalue weighted by Crippen LogP contribution is -2.35. The molecule has 142 valence electrons. The summed E-state index contributed by atoms with van der Waals surface area (Å²) < 4.78 is 10.3. The van der Waals surface area contributed by atoms with Gasteiger partial charge in [-0.05, 0) is 19.1 Å². The second-order valence-electron chi connectivity index (χ2n) is 5.61. The van der Waals surface area contributed by atoms with E-state index in [-0.39, 0.29) is 23.5 Å². The molecule has 1 atom stereocenters. The molecule has 0 fully saturated rings. The molecule has 2 aromatic rings. The van der Waals surface area contributed by atoms with E-state index < -0.39 is 22.9 Å². The van der Waals surface area contributed by atoms with E-state index in [1.165, 1.54) is 20.1 Å². The largest absolute Gasteiger partial charge is 0.496 e. The maximum atomic E-state index is 12.2. The highest BCUT2D eigenvalue weighted by Crippen LogP contribution is 2.21. The van der Waals surface area contributed by atoms with E-state index in [1.807, 2.05) is 12.1 Å². The standard InChI is InChI=1S/C18H19N3O6/c1-11(17(22)20-10-12-5-3-4-6-16(12)26-2)27-18(23)14-8-7-13(21(24)25)9-15(14)19/h3-9,11H,10,19H2,1-2H3,(H,20,22). The predicted molar refractivity (Wildman–Crippen MR) is 97.2 cm³/mol. The van der Waals surface area contributed by atoms with Gasteiger partial charge in [-0.2, -0.15) is 0 Å². The number of nitrogens with zero attached hydrogens (tertiary/aromatic N) is 1. The Balaban J connectivity index is 1.97. The third kappa shape index (κ3) is 4.94. The Labute approximate surface area is 155 Å². The van der Waals surface area contributed by atoms with Crippen LogP contribution >= 0.6 is 0 Å². The summed E-state index contributed by atoms with van der Waals surface area (Å²) in [6, 6.07) is 10.6. The van der Waals surface area contributed by atoms with E-state index in [2.05, 4.69) is 5.32 Å². The lowest BCUT2D eigenvalue weighted by Gasteiger charge is -2.15. The maximum absolute atomic E-state index is 12.2. The number of nitrogens with two attached hydrogens (primary N) is 1. The Kier molecular flexibility index (Phi) is 6.32. The molecule has 0 bridgehead atoms. The predicted octanol–water partition coefficient (Wildman–Crippen LogP) is 2.05. The average molecular weight is 373 g/mol. The molecule has 0 radical (unpaired) electrons. The van der Waals surface area contributed by atoms with E-state index in [0.717, 1.165) is 17.7 Å². The van der Waals surface area contributed by atoms with E-state index in [1.54, 1.807) is 12.1 Å². The molecule has 9 heteroatoms. The van der Waals surface area contributed by atoms with Gasteiger partial charge in [0.1, 0.15) is 5.75 Å². The molecule has 0 aromatic heterocycles. The van der Waals surface area contributed by atoms with E-state index in [0.29, 0.717) is 5.75 Å². The Morgan fingerprint density at radius 1 is 1.26 bits per heavy atom. The fourth-order valence-electron chi connectivity index (χ4n) is 2.30. The summed E-state index contributed by atoms with van der Waals surface area (Å²) in [7, 11) is 1.53. The highest BCUT2D eigenvalue weighted by molar-refractivity contribution is 5.97. The third-order valence-electron chi connectivity index (χ3n) is 3.76. The minimum atomic E-state index is -1.08. The van der Waals surface area contributed by atoms with Crippen LogP contribution in [0.15, 0.2) is 42.5 Å². The summed E-state index contributed by atoms with van der Waals surface area (Å²) >= 11 is 0. The Morgan fingerprint density at radius 3 is 2.59 bits per heavy atom. The summed E-state index contributed by atoms with van der Waals surface area (Å²) in [5, 5.41) is 13.4. The molecule has 0 saturated heterocycles. The van der Waals surface area contributed by atoms with Crippen LogP contribution in [0.1, 0.15) is 22.8 Å². The maximum Gasteiger partial charge on any atom is 0.341 e. The van der Waals surface area contributed by atoms with Crippen LogP contribution in [0.3, 0.4) is 0 Å². The molecule has 2 aromatic carbocycles. The van der Waals surface area contributed by atoms with Crippen molar-refractivity contribution in [2.24, 2.45) is 0 Å². The monoisotopic (exact) mass is 373 g/mol. The molecule has 27 heavy (non-hydrogen) atoms. The molecule has 1 unspecified atom stereocenters. The second kappa shape index (κ2) is 8.65. The number of nitrogens with one attached hydrogen (secondary N) is 1. The minimum Gasteiger partial charge on any atom is -0.496 e. The summed E-state index contributed by atoms with van der Waals surface area (Å²) in [4.78, 5) is 34.4. The van der Waals surface area contributed by atoms with Crippen molar-refractivity contribution >= 4 is 23.3 Å². The van der Waals surface area contributed by atoms with Gasteiger partial charge in [0.2, 0.25) is 0 Å². The Bertz CT molecular complexity index is 868. The van der Waals surface area contributed by atoms with Crippen LogP contribution in [0.4, 0.5) is 11.4 Å². The number of non-ortho nitro benzene ring substituents is 1. The SMILES string of the molecule is COc1ccccc1CNC(=O)C(C)OC(=O)c1ccc([N+](=O)[O-])cc1N. The second-order valence-corrected chi connectivity index (χ2v) is 5.61. The number of para-hydroxylation sites is 1. The Hall–Kier alpha value is -3.62. The van der Waals surface area contributed by atoms with Crippen molar-refractivity contribution in [2.75, 3.05) is 12.8 Å². The first kappa shape index (κ1) is 19.7. The molecule has 0 aliphatic carbocycles. The highest BCUT2D eigenvalue weighted by atomic mass is 16.6. The normalized spacial score (nSPS) is 11.3. The number of nitro groups is 1. The van der Waals surface area contributed by atoms with Gasteiger partial charge in [-0.25, -0.2) is 4.79 Å². The summed E-state index contributed by atoms with van der Waals surface area (Å²) in [5.74, 6) is -0.724. The van der Waals surface area contributed by atoms with E-state index >= 15 is 0 Å². The number of ether oxygens (including phenoxy) is 2. The topological polar surface area (TPSA) is 134 Å². The van der Waals surface area contributed by atoms with Crippen molar-refractivity contribution in [1.82, 2.24) is 5.32 Å². The van der Waals surface area contributed by atoms with Gasteiger partial charge >= 0.3 is 5.97 Å². The number of hydrogen-bond donors (Lipinski definition) is 2. The fraction of sp³-hybridized carbons (Fsp3) is 0.222. The fourth-order valence-corrected chi connectivity index (χ4v) is 2.30. The number of methoxy groups -OCH3 is 1. The summed E-state index contributed by atoms with van der Waals surface area (Å²) in [5.41, 5.74) is 6.03. The van der Waals surface area contributed by atoms with Crippen LogP contribution in [-0.2, 0) is 16.1 Å². The zero-order valence-electron chi connectivity index (χ0n) is 14.8. The number of hydrogen-bond acceptors (Lipinski definition) is 7. The van der Waals surface area contributed by atoms with Gasteiger partial charge in [-0.15, -0.1) is 0 Å². The third-order valence-corrected chi connectivity index (χ3v) is 3.76. The van der Waals surface area contributed by atoms with Gasteiger partial charge in [0.25, 0.3) is 11.6 Å². The van der Waals surface area contributed by atoms with Crippen molar-refractivity contribution in [3.05, 3.63) is 63.7 Å². The molecular formula is C18H19N3O6. The van der Waals surface area contributed by atoms with Crippen molar-refractivity contribution in [2.45, 2.75) is 19.6 Å². The highest BCUT2D eigenvalue weighted by Gasteiger charge is 2.21. The smallest absolute Gasteiger partial charge is 0.341 e. The molecule has 0 heterocycles. The zero-order valence-corrected chi connectivity index (χ0v) is 14.8. The van der Waals surface area contributed by atoms with Gasteiger partial charge in [0, 0.05) is 24.2 Å². The van der Waals surface area contributed by atoms with Gasteiger partial charge in [0.15, 0.2) is 6.10 Å². The minimum absolute atomic E-state index is 0.0509. The molecule has 0 saturated carbocycles. The van der Waals surface area contributed by atoms with Gasteiger partial charge in [-0.1, -0.05) is 18.2 Å². The molecule has 0 spiro atoms. The summed E-state index contributed by atoms with van der Waals surface area (Å²) in [6.07, 6.45) is -1.08. The molecule has 2 rings (SSSR count). The number of amides is 1. The number of anilines is 1. The number of carbonyl (C=O) groups is 2. The van der Waals surface area contributed by atoms with Crippen molar-refractivity contribution in [3.8, 4) is 5.75 Å². The first-order valence-electron chi connectivity index (χ1n) is 7.98. The average Bonchev–Trinajstić information content (AvgIpc) is 2.65. The van der Waals surface area contributed by atoms with Crippen LogP contribution < -0.4 is 15.8 Å². The van der Waals surface area contributed by atoms with Crippen LogP contribution in [0, 0.1) is 10.1 Å². The summed E-state index contributed by atoms with van der Waals surface area (Å²) in [6.45, 7) is 1.61. The van der Waals surface area contributed by atoms with Gasteiger partial charge in [-0.3, -0.25) is 14.9 Å². The van der Waals surface area contributed by atoms with E-state index in [4.69, 9.17) is 15.2 Å². The number of rotatable bonds is 7. The lowest BCUT2D eigenvalue weighted by molar-refractivity contribution is -0.384. The zero-order chi connectivity index (χ0) is 20.0. The molecule has 0 aliphatic heterocycles. The van der Waals surface area contributed by atoms with E-state index in [9.17, 15) is 19.7 Å². The van der Waals surface area contributed by atoms with Gasteiger partial charge < -0.3 is 20.5 Å². The number of carbonyl (C=O) groups excluding carboxylic acids is 2. The van der Waals surface area contributed by atoms with Crippen LogP contribution in [0.25, 0.3) is 0 Å². The number of benzene rings is 2. The quantitative estimate of drug-likeness (QED) is 0.328. The van der Waals surface area contributed by atoms with Crippen LogP contribution in [-0.4, -0.2) is 30.0 Å². The van der Waals surface area contributed by atoms with Crippen LogP contribution in [0.2, 0.25) is 0 Å². The van der Waals surface area contributed by atoms with Crippen molar-refractivity contribution in [3.63, 3.8) is 0 Å². The molecule has 1 amide bonds.